The van der Waals surface area contributed by atoms with Crippen LogP contribution >= 0.6 is 0 Å². The first-order valence-electron chi connectivity index (χ1n) is 5.90. The Morgan fingerprint density at radius 3 is 3.00 bits per heavy atom. The first-order valence-corrected chi connectivity index (χ1v) is 5.90. The quantitative estimate of drug-likeness (QED) is 0.645. The summed E-state index contributed by atoms with van der Waals surface area (Å²) >= 11 is 0. The Morgan fingerprint density at radius 1 is 1.47 bits per heavy atom. The fourth-order valence-corrected chi connectivity index (χ4v) is 1.94. The number of nitrogens with one attached hydrogen (secondary N) is 1. The normalized spacial score (nSPS) is 19.4. The second-order valence-electron chi connectivity index (χ2n) is 4.23. The van der Waals surface area contributed by atoms with Crippen LogP contribution in [0.15, 0.2) is 21.7 Å². The van der Waals surface area contributed by atoms with Crippen LogP contribution in [0.1, 0.15) is 0 Å². The highest BCUT2D eigenvalue weighted by molar-refractivity contribution is 5.76. The summed E-state index contributed by atoms with van der Waals surface area (Å²) in [6.07, 6.45) is 0. The highest BCUT2D eigenvalue weighted by Gasteiger charge is 2.26. The van der Waals surface area contributed by atoms with Gasteiger partial charge in [0.25, 0.3) is 11.1 Å². The number of hydrogen-bond acceptors (Lipinski definition) is 5. The highest BCUT2D eigenvalue weighted by Crippen LogP contribution is 2.07. The van der Waals surface area contributed by atoms with Gasteiger partial charge in [0.2, 0.25) is 5.91 Å². The van der Waals surface area contributed by atoms with Crippen LogP contribution < -0.4 is 11.1 Å². The van der Waals surface area contributed by atoms with Gasteiger partial charge in [0.1, 0.15) is 6.54 Å². The van der Waals surface area contributed by atoms with Crippen molar-refractivity contribution in [2.45, 2.75) is 12.6 Å². The number of rotatable bonds is 3. The van der Waals surface area contributed by atoms with Crippen molar-refractivity contribution in [3.8, 4) is 0 Å². The van der Waals surface area contributed by atoms with Crippen LogP contribution in [-0.4, -0.2) is 58.1 Å². The fourth-order valence-electron chi connectivity index (χ4n) is 1.94. The molecule has 0 radical (unpaired) electrons. The molecule has 0 aromatic carbocycles. The molecule has 1 saturated heterocycles. The minimum atomic E-state index is -0.457. The third-order valence-corrected chi connectivity index (χ3v) is 2.94. The Kier molecular flexibility index (Phi) is 4.13. The summed E-state index contributed by atoms with van der Waals surface area (Å²) in [7, 11) is 0. The van der Waals surface area contributed by atoms with Crippen molar-refractivity contribution in [3.05, 3.63) is 32.8 Å². The molecular formula is C11H15N3O5. The van der Waals surface area contributed by atoms with E-state index < -0.39 is 17.2 Å². The molecule has 1 amide bonds. The predicted molar refractivity (Wildman–Crippen MR) is 64.7 cm³/mol. The van der Waals surface area contributed by atoms with E-state index in [4.69, 9.17) is 4.74 Å². The number of carbonyl (C=O) groups is 1. The van der Waals surface area contributed by atoms with E-state index in [1.165, 1.54) is 4.90 Å². The summed E-state index contributed by atoms with van der Waals surface area (Å²) in [5.74, 6) is -0.341. The lowest BCUT2D eigenvalue weighted by Gasteiger charge is -2.34. The molecule has 104 valence electrons. The zero-order valence-corrected chi connectivity index (χ0v) is 10.2. The van der Waals surface area contributed by atoms with E-state index in [1.807, 2.05) is 0 Å². The van der Waals surface area contributed by atoms with Gasteiger partial charge in [-0.15, -0.1) is 0 Å². The monoisotopic (exact) mass is 269 g/mol. The molecule has 2 N–H and O–H groups in total. The maximum atomic E-state index is 12.1. The maximum absolute atomic E-state index is 12.1. The van der Waals surface area contributed by atoms with Crippen LogP contribution in [0.3, 0.4) is 0 Å². The Labute approximate surface area is 108 Å². The largest absolute Gasteiger partial charge is 0.394 e. The molecule has 1 aromatic rings. The van der Waals surface area contributed by atoms with Crippen molar-refractivity contribution >= 4 is 5.91 Å². The van der Waals surface area contributed by atoms with E-state index in [0.717, 1.165) is 16.8 Å². The SMILES string of the molecule is O=C(Cn1[nH]c(=O)ccc1=O)N1CCOCC1CO. The Morgan fingerprint density at radius 2 is 2.26 bits per heavy atom. The molecule has 0 aliphatic carbocycles. The number of aromatic nitrogens is 2. The first-order chi connectivity index (χ1) is 9.11. The van der Waals surface area contributed by atoms with Gasteiger partial charge in [0.05, 0.1) is 25.9 Å². The molecule has 0 saturated carbocycles. The smallest absolute Gasteiger partial charge is 0.265 e. The molecule has 0 bridgehead atoms. The van der Waals surface area contributed by atoms with Crippen molar-refractivity contribution in [1.82, 2.24) is 14.7 Å². The van der Waals surface area contributed by atoms with Crippen LogP contribution in [-0.2, 0) is 16.1 Å². The number of H-pyrrole nitrogens is 1. The number of morpholine rings is 1. The van der Waals surface area contributed by atoms with Crippen molar-refractivity contribution in [2.24, 2.45) is 0 Å². The summed E-state index contributed by atoms with van der Waals surface area (Å²) < 4.78 is 6.12. The zero-order valence-electron chi connectivity index (χ0n) is 10.2. The molecule has 0 spiro atoms. The third kappa shape index (κ3) is 3.09. The number of hydrogen-bond donors (Lipinski definition) is 2. The number of nitrogens with zero attached hydrogens (tertiary/aromatic N) is 2. The average molecular weight is 269 g/mol. The summed E-state index contributed by atoms with van der Waals surface area (Å²) in [5.41, 5.74) is -0.908. The van der Waals surface area contributed by atoms with Crippen LogP contribution in [0.4, 0.5) is 0 Å². The van der Waals surface area contributed by atoms with Gasteiger partial charge >= 0.3 is 0 Å². The van der Waals surface area contributed by atoms with Gasteiger partial charge in [-0.3, -0.25) is 19.5 Å². The van der Waals surface area contributed by atoms with Crippen LogP contribution in [0.25, 0.3) is 0 Å². The number of aromatic amines is 1. The Hall–Kier alpha value is -1.93. The Bertz CT molecular complexity index is 564. The molecule has 8 heteroatoms. The number of ether oxygens (including phenoxy) is 1. The fraction of sp³-hybridized carbons (Fsp3) is 0.545. The number of aliphatic hydroxyl groups is 1. The van der Waals surface area contributed by atoms with E-state index in [-0.39, 0.29) is 25.7 Å². The molecule has 2 heterocycles. The summed E-state index contributed by atoms with van der Waals surface area (Å²) in [6, 6.07) is 1.80. The number of carbonyl (C=O) groups excluding carboxylic acids is 1. The second kappa shape index (κ2) is 5.81. The molecular weight excluding hydrogens is 254 g/mol. The summed E-state index contributed by atoms with van der Waals surface area (Å²) in [5, 5.41) is 11.5. The van der Waals surface area contributed by atoms with E-state index >= 15 is 0 Å². The molecule has 1 aliphatic heterocycles. The lowest BCUT2D eigenvalue weighted by atomic mass is 10.2. The third-order valence-electron chi connectivity index (χ3n) is 2.94. The summed E-state index contributed by atoms with van der Waals surface area (Å²) in [6.45, 7) is 0.554. The topological polar surface area (TPSA) is 105 Å². The summed E-state index contributed by atoms with van der Waals surface area (Å²) in [4.78, 5) is 36.1. The van der Waals surface area contributed by atoms with Gasteiger partial charge in [-0.25, -0.2) is 4.68 Å². The molecule has 8 nitrogen and oxygen atoms in total. The van der Waals surface area contributed by atoms with E-state index in [1.54, 1.807) is 0 Å². The van der Waals surface area contributed by atoms with Crippen molar-refractivity contribution < 1.29 is 14.6 Å². The average Bonchev–Trinajstić information content (AvgIpc) is 2.42. The van der Waals surface area contributed by atoms with Gasteiger partial charge in [0.15, 0.2) is 0 Å². The van der Waals surface area contributed by atoms with E-state index in [9.17, 15) is 19.5 Å². The van der Waals surface area contributed by atoms with Gasteiger partial charge in [-0.05, 0) is 0 Å². The van der Waals surface area contributed by atoms with Gasteiger partial charge in [0, 0.05) is 18.7 Å². The minimum absolute atomic E-state index is 0.202. The minimum Gasteiger partial charge on any atom is -0.394 e. The molecule has 2 rings (SSSR count). The van der Waals surface area contributed by atoms with Gasteiger partial charge in [-0.1, -0.05) is 0 Å². The lowest BCUT2D eigenvalue weighted by molar-refractivity contribution is -0.142. The molecule has 1 atom stereocenters. The van der Waals surface area contributed by atoms with Crippen molar-refractivity contribution in [2.75, 3.05) is 26.4 Å². The molecule has 1 unspecified atom stereocenters. The van der Waals surface area contributed by atoms with Crippen molar-refractivity contribution in [3.63, 3.8) is 0 Å². The standard InChI is InChI=1S/C11H15N3O5/c15-6-8-7-19-4-3-13(8)11(18)5-14-10(17)2-1-9(16)12-14/h1-2,8,15H,3-7H2,(H,12,16). The Balaban J connectivity index is 2.13. The predicted octanol–water partition coefficient (Wildman–Crippen LogP) is -2.24. The van der Waals surface area contributed by atoms with E-state index in [0.29, 0.717) is 13.2 Å². The zero-order chi connectivity index (χ0) is 13.8. The van der Waals surface area contributed by atoms with Crippen LogP contribution in [0.5, 0.6) is 0 Å². The molecule has 1 fully saturated rings. The van der Waals surface area contributed by atoms with Crippen LogP contribution in [0, 0.1) is 0 Å². The number of aliphatic hydroxyl groups excluding tert-OH is 1. The van der Waals surface area contributed by atoms with Gasteiger partial charge < -0.3 is 14.7 Å². The van der Waals surface area contributed by atoms with Gasteiger partial charge in [-0.2, -0.15) is 0 Å². The van der Waals surface area contributed by atoms with Crippen LogP contribution in [0.2, 0.25) is 0 Å². The van der Waals surface area contributed by atoms with E-state index in [2.05, 4.69) is 5.10 Å². The first kappa shape index (κ1) is 13.5. The number of amides is 1. The molecule has 1 aliphatic rings. The highest BCUT2D eigenvalue weighted by atomic mass is 16.5. The lowest BCUT2D eigenvalue weighted by Crippen LogP contribution is -2.52. The molecule has 19 heavy (non-hydrogen) atoms. The van der Waals surface area contributed by atoms with Crippen molar-refractivity contribution in [1.29, 1.82) is 0 Å². The maximum Gasteiger partial charge on any atom is 0.265 e. The molecule has 1 aromatic heterocycles. The second-order valence-corrected chi connectivity index (χ2v) is 4.23.